The number of fused-ring (bicyclic) bond motifs is 1. The number of rotatable bonds is 5. The summed E-state index contributed by atoms with van der Waals surface area (Å²) in [7, 11) is 3.14. The first-order valence-electron chi connectivity index (χ1n) is 7.17. The van der Waals surface area contributed by atoms with Crippen LogP contribution in [0.2, 0.25) is 0 Å². The molecule has 3 aromatic rings. The lowest BCUT2D eigenvalue weighted by molar-refractivity contribution is 0.0467. The van der Waals surface area contributed by atoms with Crippen LogP contribution in [0.1, 0.15) is 16.1 Å². The third-order valence-electron chi connectivity index (χ3n) is 3.57. The standard InChI is InChI=1S/C18H17NO4/c1-21-16-9-8-14-13(17(16)22-2)10-15(19-14)18(20)23-11-12-6-4-3-5-7-12/h3-10,19H,11H2,1-2H3. The molecule has 0 spiro atoms. The molecule has 0 aliphatic heterocycles. The van der Waals surface area contributed by atoms with Crippen molar-refractivity contribution in [2.45, 2.75) is 6.61 Å². The molecular formula is C18H17NO4. The summed E-state index contributed by atoms with van der Waals surface area (Å²) in [6.45, 7) is 0.232. The van der Waals surface area contributed by atoms with E-state index in [1.165, 1.54) is 0 Å². The number of hydrogen-bond acceptors (Lipinski definition) is 4. The van der Waals surface area contributed by atoms with Crippen LogP contribution in [0.15, 0.2) is 48.5 Å². The van der Waals surface area contributed by atoms with Crippen LogP contribution < -0.4 is 9.47 Å². The zero-order chi connectivity index (χ0) is 16.2. The average Bonchev–Trinajstić information content (AvgIpc) is 3.03. The minimum Gasteiger partial charge on any atom is -0.493 e. The molecule has 0 saturated heterocycles. The van der Waals surface area contributed by atoms with Gasteiger partial charge in [-0.1, -0.05) is 30.3 Å². The number of esters is 1. The van der Waals surface area contributed by atoms with Crippen LogP contribution in [0.5, 0.6) is 11.5 Å². The molecule has 0 saturated carbocycles. The number of methoxy groups -OCH3 is 2. The number of aromatic nitrogens is 1. The first-order valence-corrected chi connectivity index (χ1v) is 7.17. The normalized spacial score (nSPS) is 10.5. The van der Waals surface area contributed by atoms with E-state index < -0.39 is 5.97 Å². The van der Waals surface area contributed by atoms with Crippen molar-refractivity contribution in [2.75, 3.05) is 14.2 Å². The summed E-state index contributed by atoms with van der Waals surface area (Å²) in [5, 5.41) is 0.776. The van der Waals surface area contributed by atoms with Crippen LogP contribution in [0.3, 0.4) is 0 Å². The van der Waals surface area contributed by atoms with E-state index in [0.717, 1.165) is 16.5 Å². The van der Waals surface area contributed by atoms with Crippen LogP contribution in [0.4, 0.5) is 0 Å². The number of aromatic amines is 1. The number of hydrogen-bond donors (Lipinski definition) is 1. The summed E-state index contributed by atoms with van der Waals surface area (Å²) in [5.74, 6) is 0.789. The molecule has 3 rings (SSSR count). The Morgan fingerprint density at radius 1 is 1.04 bits per heavy atom. The van der Waals surface area contributed by atoms with E-state index in [9.17, 15) is 4.79 Å². The van der Waals surface area contributed by atoms with Gasteiger partial charge in [0, 0.05) is 5.39 Å². The van der Waals surface area contributed by atoms with Crippen LogP contribution >= 0.6 is 0 Å². The van der Waals surface area contributed by atoms with Gasteiger partial charge >= 0.3 is 5.97 Å². The first kappa shape index (κ1) is 15.0. The molecule has 1 heterocycles. The lowest BCUT2D eigenvalue weighted by Crippen LogP contribution is -2.05. The van der Waals surface area contributed by atoms with Crippen molar-refractivity contribution in [3.63, 3.8) is 0 Å². The molecule has 0 atom stereocenters. The van der Waals surface area contributed by atoms with Crippen molar-refractivity contribution in [3.05, 3.63) is 59.8 Å². The highest BCUT2D eigenvalue weighted by molar-refractivity contribution is 5.98. The monoisotopic (exact) mass is 311 g/mol. The highest BCUT2D eigenvalue weighted by Gasteiger charge is 2.16. The molecule has 1 aromatic heterocycles. The summed E-state index contributed by atoms with van der Waals surface area (Å²) < 4.78 is 16.0. The lowest BCUT2D eigenvalue weighted by atomic mass is 10.2. The van der Waals surface area contributed by atoms with Gasteiger partial charge < -0.3 is 19.2 Å². The predicted molar refractivity (Wildman–Crippen MR) is 87.0 cm³/mol. The van der Waals surface area contributed by atoms with Crippen LogP contribution in [0, 0.1) is 0 Å². The molecule has 23 heavy (non-hydrogen) atoms. The Labute approximate surface area is 133 Å². The number of carbonyl (C=O) groups excluding carboxylic acids is 1. The molecule has 118 valence electrons. The summed E-state index contributed by atoms with van der Waals surface area (Å²) in [6, 6.07) is 14.9. The molecule has 0 bridgehead atoms. The van der Waals surface area contributed by atoms with Gasteiger partial charge in [-0.15, -0.1) is 0 Å². The fourth-order valence-corrected chi connectivity index (χ4v) is 2.44. The average molecular weight is 311 g/mol. The molecule has 0 aliphatic rings. The van der Waals surface area contributed by atoms with E-state index in [-0.39, 0.29) is 6.61 Å². The van der Waals surface area contributed by atoms with E-state index in [1.807, 2.05) is 36.4 Å². The molecule has 0 amide bonds. The van der Waals surface area contributed by atoms with Crippen molar-refractivity contribution in [3.8, 4) is 11.5 Å². The Hall–Kier alpha value is -2.95. The number of H-pyrrole nitrogens is 1. The maximum absolute atomic E-state index is 12.2. The Bertz CT molecular complexity index is 824. The van der Waals surface area contributed by atoms with Gasteiger partial charge in [-0.25, -0.2) is 4.79 Å². The Kier molecular flexibility index (Phi) is 4.19. The second-order valence-electron chi connectivity index (χ2n) is 5.01. The third kappa shape index (κ3) is 2.99. The second kappa shape index (κ2) is 6.44. The van der Waals surface area contributed by atoms with E-state index >= 15 is 0 Å². The van der Waals surface area contributed by atoms with E-state index in [4.69, 9.17) is 14.2 Å². The molecule has 5 nitrogen and oxygen atoms in total. The molecule has 5 heteroatoms. The SMILES string of the molecule is COc1ccc2[nH]c(C(=O)OCc3ccccc3)cc2c1OC. The maximum Gasteiger partial charge on any atom is 0.355 e. The van der Waals surface area contributed by atoms with Crippen LogP contribution in [-0.2, 0) is 11.3 Å². The van der Waals surface area contributed by atoms with E-state index in [1.54, 1.807) is 26.4 Å². The fourth-order valence-electron chi connectivity index (χ4n) is 2.44. The summed E-state index contributed by atoms with van der Waals surface area (Å²) in [5.41, 5.74) is 2.10. The van der Waals surface area contributed by atoms with Crippen LogP contribution in [-0.4, -0.2) is 25.2 Å². The molecular weight excluding hydrogens is 294 g/mol. The largest absolute Gasteiger partial charge is 0.493 e. The van der Waals surface area contributed by atoms with Crippen molar-refractivity contribution >= 4 is 16.9 Å². The highest BCUT2D eigenvalue weighted by atomic mass is 16.5. The van der Waals surface area contributed by atoms with Gasteiger partial charge in [0.2, 0.25) is 0 Å². The van der Waals surface area contributed by atoms with Crippen molar-refractivity contribution in [1.82, 2.24) is 4.98 Å². The van der Waals surface area contributed by atoms with Crippen molar-refractivity contribution < 1.29 is 19.0 Å². The van der Waals surface area contributed by atoms with Gasteiger partial charge in [0.15, 0.2) is 11.5 Å². The Balaban J connectivity index is 1.84. The molecule has 0 unspecified atom stereocenters. The fraction of sp³-hybridized carbons (Fsp3) is 0.167. The summed E-state index contributed by atoms with van der Waals surface area (Å²) in [4.78, 5) is 15.3. The predicted octanol–water partition coefficient (Wildman–Crippen LogP) is 3.54. The number of carbonyl (C=O) groups is 1. The van der Waals surface area contributed by atoms with Crippen molar-refractivity contribution in [2.24, 2.45) is 0 Å². The van der Waals surface area contributed by atoms with Gasteiger partial charge in [0.25, 0.3) is 0 Å². The smallest absolute Gasteiger partial charge is 0.355 e. The molecule has 0 aliphatic carbocycles. The van der Waals surface area contributed by atoms with Crippen LogP contribution in [0.25, 0.3) is 10.9 Å². The zero-order valence-electron chi connectivity index (χ0n) is 13.0. The van der Waals surface area contributed by atoms with Crippen molar-refractivity contribution in [1.29, 1.82) is 0 Å². The molecule has 0 fully saturated rings. The molecule has 0 radical (unpaired) electrons. The lowest BCUT2D eigenvalue weighted by Gasteiger charge is -2.07. The first-order chi connectivity index (χ1) is 11.2. The number of nitrogens with one attached hydrogen (secondary N) is 1. The third-order valence-corrected chi connectivity index (χ3v) is 3.57. The van der Waals surface area contributed by atoms with Gasteiger partial charge in [-0.3, -0.25) is 0 Å². The topological polar surface area (TPSA) is 60.6 Å². The minimum atomic E-state index is -0.411. The summed E-state index contributed by atoms with van der Waals surface area (Å²) >= 11 is 0. The summed E-state index contributed by atoms with van der Waals surface area (Å²) in [6.07, 6.45) is 0. The Morgan fingerprint density at radius 3 is 2.52 bits per heavy atom. The van der Waals surface area contributed by atoms with E-state index in [0.29, 0.717) is 17.2 Å². The van der Waals surface area contributed by atoms with Gasteiger partial charge in [-0.05, 0) is 23.8 Å². The number of ether oxygens (including phenoxy) is 3. The minimum absolute atomic E-state index is 0.232. The van der Waals surface area contributed by atoms with E-state index in [2.05, 4.69) is 4.98 Å². The van der Waals surface area contributed by atoms with Gasteiger partial charge in [0.05, 0.1) is 19.7 Å². The molecule has 1 N–H and O–H groups in total. The van der Waals surface area contributed by atoms with Gasteiger partial charge in [0.1, 0.15) is 12.3 Å². The second-order valence-corrected chi connectivity index (χ2v) is 5.01. The number of benzene rings is 2. The Morgan fingerprint density at radius 2 is 1.83 bits per heavy atom. The quantitative estimate of drug-likeness (QED) is 0.732. The molecule has 2 aromatic carbocycles. The zero-order valence-corrected chi connectivity index (χ0v) is 13.0. The highest BCUT2D eigenvalue weighted by Crippen LogP contribution is 2.35. The maximum atomic E-state index is 12.2. The van der Waals surface area contributed by atoms with Gasteiger partial charge in [-0.2, -0.15) is 0 Å².